The van der Waals surface area contributed by atoms with Crippen LogP contribution in [0.1, 0.15) is 22.3 Å². The molecule has 0 saturated heterocycles. The monoisotopic (exact) mass is 1160 g/mol. The maximum Gasteiger partial charge on any atom is 0.216 e. The van der Waals surface area contributed by atoms with Crippen LogP contribution in [0.2, 0.25) is 0 Å². The first-order valence-corrected chi connectivity index (χ1v) is 20.4. The Morgan fingerprint density at radius 1 is 0.452 bits per heavy atom. The third kappa shape index (κ3) is 9.45. The Morgan fingerprint density at radius 3 is 1.73 bits per heavy atom. The maximum atomic E-state index is 4.32. The van der Waals surface area contributed by atoms with Crippen molar-refractivity contribution >= 4 is 21.8 Å². The van der Waals surface area contributed by atoms with Crippen LogP contribution in [0.5, 0.6) is 0 Å². The van der Waals surface area contributed by atoms with Crippen molar-refractivity contribution in [1.29, 1.82) is 0 Å². The van der Waals surface area contributed by atoms with Gasteiger partial charge in [0.15, 0.2) is 13.1 Å². The van der Waals surface area contributed by atoms with E-state index in [0.717, 1.165) is 35.6 Å². The van der Waals surface area contributed by atoms with Gasteiger partial charge in [-0.25, -0.2) is 0 Å². The molecule has 2 aliphatic heterocycles. The number of rotatable bonds is 2. The summed E-state index contributed by atoms with van der Waals surface area (Å²) in [6.45, 7) is 6.25. The zero-order chi connectivity index (χ0) is 40.7. The predicted molar refractivity (Wildman–Crippen MR) is 244 cm³/mol. The quantitative estimate of drug-likeness (QED) is 0.128. The van der Waals surface area contributed by atoms with Gasteiger partial charge >= 0.3 is 0 Å². The molecule has 306 valence electrons. The van der Waals surface area contributed by atoms with Gasteiger partial charge in [-0.1, -0.05) is 84.4 Å². The van der Waals surface area contributed by atoms with Gasteiger partial charge in [0.25, 0.3) is 0 Å². The minimum absolute atomic E-state index is 0. The molecule has 6 heteroatoms. The van der Waals surface area contributed by atoms with E-state index >= 15 is 0 Å². The van der Waals surface area contributed by atoms with E-state index < -0.39 is 0 Å². The summed E-state index contributed by atoms with van der Waals surface area (Å²) in [5, 5.41) is 2.63. The molecule has 62 heavy (non-hydrogen) atoms. The summed E-state index contributed by atoms with van der Waals surface area (Å²) in [7, 11) is 0. The molecule has 0 unspecified atom stereocenters. The Hall–Kier alpha value is -6.26. The molecule has 0 N–H and O–H groups in total. The molecule has 2 radical (unpaired) electrons. The summed E-state index contributed by atoms with van der Waals surface area (Å²) in [5.74, 6) is 0. The van der Waals surface area contributed by atoms with E-state index in [9.17, 15) is 0 Å². The van der Waals surface area contributed by atoms with Gasteiger partial charge in [0.05, 0.1) is 11.1 Å². The molecule has 0 aliphatic carbocycles. The number of aromatic nitrogens is 4. The standard InChI is InChI=1S/C17H14N.C16H12N.C12H10N.C11H8N.2Ir/c1-12-10-13-6-3-5-9-16(13)18-11-14-7-2-4-8-15(14)17(12)18;1-3-7-14-13(6-1)11-17-15-8-4-2-5-12(15)9-10-16(14)17;1-10-6-5-9-13-12(10)11-7-3-2-4-8-11;1-2-6-10(7-3-1)11-8-4-5-9-12-11;;/h2-10H,11H2,1H3;1-10H,11H2;2-7,9H,1H3;1-6,8-9H;;/q2*+1;2*-1;;. The van der Waals surface area contributed by atoms with Crippen LogP contribution in [0.3, 0.4) is 0 Å². The molecule has 0 saturated carbocycles. The molecule has 6 heterocycles. The Bertz CT molecular complexity index is 3030. The minimum Gasteiger partial charge on any atom is -0.305 e. The number of hydrogen-bond acceptors (Lipinski definition) is 2. The number of benzene rings is 6. The molecule has 0 bridgehead atoms. The van der Waals surface area contributed by atoms with Crippen molar-refractivity contribution in [2.45, 2.75) is 26.9 Å². The van der Waals surface area contributed by atoms with Crippen molar-refractivity contribution in [1.82, 2.24) is 9.97 Å². The van der Waals surface area contributed by atoms with Crippen LogP contribution < -0.4 is 9.13 Å². The van der Waals surface area contributed by atoms with Crippen molar-refractivity contribution in [2.75, 3.05) is 0 Å². The summed E-state index contributed by atoms with van der Waals surface area (Å²) in [6.07, 6.45) is 3.60. The average Bonchev–Trinajstić information content (AvgIpc) is 3.91. The van der Waals surface area contributed by atoms with Crippen molar-refractivity contribution in [3.63, 3.8) is 0 Å². The Kier molecular flexibility index (Phi) is 14.5. The second-order valence-corrected chi connectivity index (χ2v) is 14.9. The normalized spacial score (nSPS) is 11.0. The summed E-state index contributed by atoms with van der Waals surface area (Å²) in [5.41, 5.74) is 17.6. The first-order chi connectivity index (χ1) is 29.6. The van der Waals surface area contributed by atoms with E-state index in [1.165, 1.54) is 66.6 Å². The van der Waals surface area contributed by atoms with Gasteiger partial charge in [0.1, 0.15) is 0 Å². The molecule has 4 nitrogen and oxygen atoms in total. The predicted octanol–water partition coefficient (Wildman–Crippen LogP) is 12.0. The number of para-hydroxylation sites is 2. The van der Waals surface area contributed by atoms with E-state index in [0.29, 0.717) is 0 Å². The zero-order valence-electron chi connectivity index (χ0n) is 34.5. The van der Waals surface area contributed by atoms with Crippen LogP contribution in [0.4, 0.5) is 0 Å². The summed E-state index contributed by atoms with van der Waals surface area (Å²) in [4.78, 5) is 8.54. The first-order valence-electron chi connectivity index (χ1n) is 20.4. The van der Waals surface area contributed by atoms with Crippen LogP contribution in [0.15, 0.2) is 207 Å². The van der Waals surface area contributed by atoms with Crippen molar-refractivity contribution in [3.05, 3.63) is 241 Å². The van der Waals surface area contributed by atoms with Crippen LogP contribution >= 0.6 is 0 Å². The summed E-state index contributed by atoms with van der Waals surface area (Å²) < 4.78 is 4.84. The molecule has 0 atom stereocenters. The van der Waals surface area contributed by atoms with Crippen LogP contribution in [-0.2, 0) is 53.3 Å². The molecule has 2 aliphatic rings. The molecular formula is C56H44Ir2N4. The summed E-state index contributed by atoms with van der Waals surface area (Å²) in [6, 6.07) is 73.2. The van der Waals surface area contributed by atoms with E-state index in [1.54, 1.807) is 6.20 Å². The second kappa shape index (κ2) is 20.5. The Morgan fingerprint density at radius 2 is 1.03 bits per heavy atom. The fourth-order valence-electron chi connectivity index (χ4n) is 8.20. The second-order valence-electron chi connectivity index (χ2n) is 14.9. The molecule has 0 spiro atoms. The van der Waals surface area contributed by atoms with Gasteiger partial charge in [-0.3, -0.25) is 0 Å². The van der Waals surface area contributed by atoms with Gasteiger partial charge in [0, 0.05) is 98.3 Å². The molecule has 12 rings (SSSR count). The summed E-state index contributed by atoms with van der Waals surface area (Å²) >= 11 is 0. The van der Waals surface area contributed by atoms with Crippen LogP contribution in [-0.4, -0.2) is 9.97 Å². The van der Waals surface area contributed by atoms with E-state index in [-0.39, 0.29) is 40.2 Å². The fourth-order valence-corrected chi connectivity index (χ4v) is 8.20. The van der Waals surface area contributed by atoms with Gasteiger partial charge < -0.3 is 9.97 Å². The largest absolute Gasteiger partial charge is 0.305 e. The molecular weight excluding hydrogens is 1110 g/mol. The van der Waals surface area contributed by atoms with E-state index in [2.05, 4.69) is 166 Å². The van der Waals surface area contributed by atoms with Gasteiger partial charge in [-0.2, -0.15) is 9.13 Å². The van der Waals surface area contributed by atoms with Crippen LogP contribution in [0, 0.1) is 26.0 Å². The number of pyridine rings is 4. The molecule has 0 amide bonds. The number of hydrogen-bond donors (Lipinski definition) is 0. The van der Waals surface area contributed by atoms with Gasteiger partial charge in [-0.05, 0) is 73.8 Å². The third-order valence-electron chi connectivity index (χ3n) is 11.0. The SMILES string of the molecule is Cc1cc2ccccc2[n+]2c1-c1ccccc1C2.Cc1cccnc1-c1[c-]cccc1.[Ir].[Ir].[c-]1ccccc1-c1ccccn1.c1ccc2c(c1)C[n+]1c-2ccc2ccccc21. The van der Waals surface area contributed by atoms with Crippen LogP contribution in [0.25, 0.3) is 66.8 Å². The topological polar surface area (TPSA) is 33.5 Å². The maximum absolute atomic E-state index is 4.32. The van der Waals surface area contributed by atoms with Gasteiger partial charge in [-0.15, -0.1) is 71.8 Å². The van der Waals surface area contributed by atoms with Crippen molar-refractivity contribution in [3.8, 4) is 45.0 Å². The fraction of sp³-hybridized carbons (Fsp3) is 0.0714. The number of aryl methyl sites for hydroxylation is 2. The average molecular weight is 1160 g/mol. The molecule has 4 aromatic heterocycles. The van der Waals surface area contributed by atoms with Gasteiger partial charge in [0.2, 0.25) is 22.4 Å². The minimum atomic E-state index is 0. The smallest absolute Gasteiger partial charge is 0.216 e. The third-order valence-corrected chi connectivity index (χ3v) is 11.0. The number of nitrogens with zero attached hydrogens (tertiary/aromatic N) is 4. The first kappa shape index (κ1) is 43.8. The Labute approximate surface area is 391 Å². The number of fused-ring (bicyclic) bond motifs is 10. The molecule has 10 aromatic rings. The van der Waals surface area contributed by atoms with Crippen molar-refractivity contribution < 1.29 is 49.3 Å². The van der Waals surface area contributed by atoms with E-state index in [4.69, 9.17) is 0 Å². The van der Waals surface area contributed by atoms with E-state index in [1.807, 2.05) is 79.0 Å². The zero-order valence-corrected chi connectivity index (χ0v) is 39.3. The van der Waals surface area contributed by atoms with Crippen molar-refractivity contribution in [2.24, 2.45) is 0 Å². The molecule has 6 aromatic carbocycles. The Balaban J connectivity index is 0.000000125. The molecule has 0 fully saturated rings.